The van der Waals surface area contributed by atoms with Crippen LogP contribution in [0.25, 0.3) is 0 Å². The van der Waals surface area contributed by atoms with E-state index in [0.717, 1.165) is 29.5 Å². The van der Waals surface area contributed by atoms with Gasteiger partial charge in [0.25, 0.3) is 0 Å². The molecule has 0 radical (unpaired) electrons. The van der Waals surface area contributed by atoms with Gasteiger partial charge >= 0.3 is 0 Å². The van der Waals surface area contributed by atoms with Crippen LogP contribution < -0.4 is 10.2 Å². The number of rotatable bonds is 5. The van der Waals surface area contributed by atoms with Crippen molar-refractivity contribution >= 4 is 23.0 Å². The highest BCUT2D eigenvalue weighted by molar-refractivity contribution is 7.80. The lowest BCUT2D eigenvalue weighted by atomic mass is 9.96. The van der Waals surface area contributed by atoms with Gasteiger partial charge in [-0.15, -0.1) is 0 Å². The smallest absolute Gasteiger partial charge is 0.174 e. The molecular formula is C24H28N4S. The summed E-state index contributed by atoms with van der Waals surface area (Å²) in [4.78, 5) is 6.91. The normalized spacial score (nSPS) is 18.9. The molecule has 1 aromatic carbocycles. The third-order valence-electron chi connectivity index (χ3n) is 5.97. The monoisotopic (exact) mass is 404 g/mol. The molecule has 0 amide bonds. The van der Waals surface area contributed by atoms with Crippen LogP contribution in [-0.2, 0) is 13.0 Å². The molecule has 29 heavy (non-hydrogen) atoms. The van der Waals surface area contributed by atoms with Crippen LogP contribution in [0.2, 0.25) is 0 Å². The fourth-order valence-corrected chi connectivity index (χ4v) is 4.80. The number of aromatic nitrogens is 2. The number of nitrogens with one attached hydrogen (secondary N) is 1. The standard InChI is InChI=1S/C24H28N4S/c1-5-18-10-12-19(13-11-18)28-23(20-15-16(3)27(6-2)17(20)4)22(26-24(28)29)21-9-7-8-14-25-21/h7-15,22-23H,5-6H2,1-4H3,(H,26,29). The Balaban J connectivity index is 1.85. The summed E-state index contributed by atoms with van der Waals surface area (Å²) in [6, 6.07) is 17.2. The highest BCUT2D eigenvalue weighted by atomic mass is 32.1. The van der Waals surface area contributed by atoms with Gasteiger partial charge in [0, 0.05) is 29.8 Å². The second-order valence-electron chi connectivity index (χ2n) is 7.59. The number of hydrogen-bond acceptors (Lipinski definition) is 2. The molecule has 3 aromatic rings. The van der Waals surface area contributed by atoms with Gasteiger partial charge in [0.05, 0.1) is 17.8 Å². The Morgan fingerprint density at radius 1 is 1.07 bits per heavy atom. The van der Waals surface area contributed by atoms with Gasteiger partial charge in [-0.05, 0) is 80.9 Å². The van der Waals surface area contributed by atoms with Crippen LogP contribution in [0.5, 0.6) is 0 Å². The first kappa shape index (κ1) is 19.6. The van der Waals surface area contributed by atoms with E-state index in [1.807, 2.05) is 18.3 Å². The lowest BCUT2D eigenvalue weighted by Gasteiger charge is -2.28. The Hall–Kier alpha value is -2.66. The zero-order valence-electron chi connectivity index (χ0n) is 17.5. The number of hydrogen-bond donors (Lipinski definition) is 1. The summed E-state index contributed by atoms with van der Waals surface area (Å²) in [5, 5.41) is 4.30. The molecule has 1 aliphatic rings. The van der Waals surface area contributed by atoms with Crippen LogP contribution in [0.3, 0.4) is 0 Å². The van der Waals surface area contributed by atoms with Crippen molar-refractivity contribution < 1.29 is 0 Å². The van der Waals surface area contributed by atoms with E-state index in [-0.39, 0.29) is 12.1 Å². The van der Waals surface area contributed by atoms with E-state index in [2.05, 4.69) is 83.9 Å². The van der Waals surface area contributed by atoms with E-state index in [9.17, 15) is 0 Å². The topological polar surface area (TPSA) is 33.1 Å². The van der Waals surface area contributed by atoms with Crippen molar-refractivity contribution in [2.75, 3.05) is 4.90 Å². The lowest BCUT2D eigenvalue weighted by molar-refractivity contribution is 0.563. The van der Waals surface area contributed by atoms with Crippen LogP contribution in [0, 0.1) is 13.8 Å². The highest BCUT2D eigenvalue weighted by Gasteiger charge is 2.42. The lowest BCUT2D eigenvalue weighted by Crippen LogP contribution is -2.29. The van der Waals surface area contributed by atoms with Gasteiger partial charge in [-0.3, -0.25) is 4.98 Å². The van der Waals surface area contributed by atoms with Crippen molar-refractivity contribution in [3.8, 4) is 0 Å². The summed E-state index contributed by atoms with van der Waals surface area (Å²) in [6.45, 7) is 9.72. The van der Waals surface area contributed by atoms with Crippen LogP contribution in [0.15, 0.2) is 54.7 Å². The van der Waals surface area contributed by atoms with E-state index >= 15 is 0 Å². The zero-order chi connectivity index (χ0) is 20.5. The fraction of sp³-hybridized carbons (Fsp3) is 0.333. The number of aryl methyl sites for hydroxylation is 2. The summed E-state index contributed by atoms with van der Waals surface area (Å²) in [7, 11) is 0. The third kappa shape index (κ3) is 3.44. The molecule has 0 saturated carbocycles. The Bertz CT molecular complexity index is 1010. The van der Waals surface area contributed by atoms with Crippen molar-refractivity contribution in [1.29, 1.82) is 0 Å². The van der Waals surface area contributed by atoms with Crippen LogP contribution in [0.1, 0.15) is 54.1 Å². The molecule has 150 valence electrons. The first-order chi connectivity index (χ1) is 14.0. The summed E-state index contributed by atoms with van der Waals surface area (Å²) in [5.41, 5.74) is 7.32. The average Bonchev–Trinajstić information content (AvgIpc) is 3.24. The van der Waals surface area contributed by atoms with Crippen molar-refractivity contribution in [3.63, 3.8) is 0 Å². The first-order valence-electron chi connectivity index (χ1n) is 10.3. The highest BCUT2D eigenvalue weighted by Crippen LogP contribution is 2.43. The molecule has 4 nitrogen and oxygen atoms in total. The molecule has 2 unspecified atom stereocenters. The number of pyridine rings is 1. The quantitative estimate of drug-likeness (QED) is 0.588. The minimum Gasteiger partial charge on any atom is -0.351 e. The van der Waals surface area contributed by atoms with Crippen molar-refractivity contribution in [1.82, 2.24) is 14.9 Å². The predicted octanol–water partition coefficient (Wildman–Crippen LogP) is 5.26. The van der Waals surface area contributed by atoms with E-state index < -0.39 is 0 Å². The van der Waals surface area contributed by atoms with Gasteiger partial charge < -0.3 is 14.8 Å². The molecule has 1 aliphatic heterocycles. The number of thiocarbonyl (C=S) groups is 1. The maximum atomic E-state index is 5.83. The molecule has 2 atom stereocenters. The van der Waals surface area contributed by atoms with E-state index in [0.29, 0.717) is 0 Å². The molecule has 3 heterocycles. The molecule has 2 aromatic heterocycles. The predicted molar refractivity (Wildman–Crippen MR) is 123 cm³/mol. The summed E-state index contributed by atoms with van der Waals surface area (Å²) in [6.07, 6.45) is 2.88. The Morgan fingerprint density at radius 2 is 1.83 bits per heavy atom. The minimum atomic E-state index is 0.000331. The minimum absolute atomic E-state index is 0.000331. The van der Waals surface area contributed by atoms with Crippen LogP contribution >= 0.6 is 12.2 Å². The van der Waals surface area contributed by atoms with Gasteiger partial charge in [0.15, 0.2) is 5.11 Å². The van der Waals surface area contributed by atoms with Gasteiger partial charge in [0.1, 0.15) is 0 Å². The average molecular weight is 405 g/mol. The number of nitrogens with zero attached hydrogens (tertiary/aromatic N) is 3. The summed E-state index contributed by atoms with van der Waals surface area (Å²) < 4.78 is 2.37. The SMILES string of the molecule is CCc1ccc(N2C(=S)NC(c3ccccn3)C2c2cc(C)n(CC)c2C)cc1. The fourth-order valence-electron chi connectivity index (χ4n) is 4.46. The largest absolute Gasteiger partial charge is 0.351 e. The van der Waals surface area contributed by atoms with E-state index in [1.54, 1.807) is 0 Å². The molecule has 0 bridgehead atoms. The molecule has 0 spiro atoms. The molecule has 5 heteroatoms. The maximum absolute atomic E-state index is 5.83. The van der Waals surface area contributed by atoms with Gasteiger partial charge in [-0.1, -0.05) is 25.1 Å². The Labute approximate surface area is 178 Å². The molecule has 1 fully saturated rings. The molecule has 1 N–H and O–H groups in total. The summed E-state index contributed by atoms with van der Waals surface area (Å²) >= 11 is 5.83. The Kier molecular flexibility index (Phi) is 5.41. The molecule has 4 rings (SSSR count). The Morgan fingerprint density at radius 3 is 2.41 bits per heavy atom. The van der Waals surface area contributed by atoms with Crippen molar-refractivity contribution in [2.45, 2.75) is 52.7 Å². The van der Waals surface area contributed by atoms with Crippen molar-refractivity contribution in [2.24, 2.45) is 0 Å². The second-order valence-corrected chi connectivity index (χ2v) is 7.97. The van der Waals surface area contributed by atoms with Crippen molar-refractivity contribution in [3.05, 3.63) is 82.9 Å². The van der Waals surface area contributed by atoms with Crippen LogP contribution in [0.4, 0.5) is 5.69 Å². The van der Waals surface area contributed by atoms with E-state index in [1.165, 1.54) is 22.5 Å². The first-order valence-corrected chi connectivity index (χ1v) is 10.7. The number of anilines is 1. The van der Waals surface area contributed by atoms with E-state index in [4.69, 9.17) is 12.2 Å². The molecular weight excluding hydrogens is 376 g/mol. The molecule has 1 saturated heterocycles. The third-order valence-corrected chi connectivity index (χ3v) is 6.28. The number of benzene rings is 1. The van der Waals surface area contributed by atoms with Gasteiger partial charge in [-0.2, -0.15) is 0 Å². The zero-order valence-corrected chi connectivity index (χ0v) is 18.3. The van der Waals surface area contributed by atoms with Crippen LogP contribution in [-0.4, -0.2) is 14.7 Å². The summed E-state index contributed by atoms with van der Waals surface area (Å²) in [5.74, 6) is 0. The van der Waals surface area contributed by atoms with Gasteiger partial charge in [-0.25, -0.2) is 0 Å². The van der Waals surface area contributed by atoms with Gasteiger partial charge in [0.2, 0.25) is 0 Å². The maximum Gasteiger partial charge on any atom is 0.174 e. The second kappa shape index (κ2) is 7.99. The molecule has 0 aliphatic carbocycles.